The van der Waals surface area contributed by atoms with Gasteiger partial charge in [0.2, 0.25) is 5.91 Å². The number of nitrogens with zero attached hydrogens (tertiary/aromatic N) is 3. The maximum Gasteiger partial charge on any atom is 0.228 e. The van der Waals surface area contributed by atoms with Crippen molar-refractivity contribution < 1.29 is 4.79 Å². The van der Waals surface area contributed by atoms with Crippen molar-refractivity contribution in [1.82, 2.24) is 9.88 Å². The van der Waals surface area contributed by atoms with Crippen molar-refractivity contribution in [2.75, 3.05) is 25.0 Å². The summed E-state index contributed by atoms with van der Waals surface area (Å²) in [5, 5.41) is 1.08. The molecule has 1 aromatic heterocycles. The first kappa shape index (κ1) is 29.4. The molecule has 1 amide bonds. The Morgan fingerprint density at radius 1 is 1.03 bits per heavy atom. The summed E-state index contributed by atoms with van der Waals surface area (Å²) in [5.41, 5.74) is 2.16. The minimum absolute atomic E-state index is 0. The normalized spacial score (nSPS) is 18.5. The highest BCUT2D eigenvalue weighted by atomic mass is 35.5. The molecule has 4 rings (SSSR count). The summed E-state index contributed by atoms with van der Waals surface area (Å²) in [6, 6.07) is 22.4. The highest BCUT2D eigenvalue weighted by Gasteiger charge is 2.41. The number of piperidine rings is 1. The van der Waals surface area contributed by atoms with Gasteiger partial charge in [-0.05, 0) is 68.8 Å². The third kappa shape index (κ3) is 6.69. The van der Waals surface area contributed by atoms with Crippen LogP contribution in [0.1, 0.15) is 43.4 Å². The van der Waals surface area contributed by atoms with E-state index in [2.05, 4.69) is 54.2 Å². The molecule has 1 saturated heterocycles. The van der Waals surface area contributed by atoms with Gasteiger partial charge in [-0.2, -0.15) is 0 Å². The van der Waals surface area contributed by atoms with Crippen LogP contribution in [-0.2, 0) is 10.2 Å². The van der Waals surface area contributed by atoms with Gasteiger partial charge in [0.25, 0.3) is 0 Å². The summed E-state index contributed by atoms with van der Waals surface area (Å²) in [6.07, 6.45) is 3.85. The van der Waals surface area contributed by atoms with Gasteiger partial charge < -0.3 is 0 Å². The summed E-state index contributed by atoms with van der Waals surface area (Å²) >= 11 is 12.7. The highest BCUT2D eigenvalue weighted by molar-refractivity contribution is 6.42. The van der Waals surface area contributed by atoms with Crippen molar-refractivity contribution >= 4 is 59.7 Å². The van der Waals surface area contributed by atoms with Gasteiger partial charge in [0.1, 0.15) is 5.82 Å². The van der Waals surface area contributed by atoms with Gasteiger partial charge in [0, 0.05) is 30.6 Å². The number of hydrogen-bond donors (Lipinski definition) is 0. The van der Waals surface area contributed by atoms with Crippen LogP contribution >= 0.6 is 48.0 Å². The van der Waals surface area contributed by atoms with Gasteiger partial charge in [-0.15, -0.1) is 24.8 Å². The maximum atomic E-state index is 12.9. The Labute approximate surface area is 230 Å². The Kier molecular flexibility index (Phi) is 10.9. The Balaban J connectivity index is 0.00000216. The second-order valence-corrected chi connectivity index (χ2v) is 9.71. The molecule has 0 N–H and O–H groups in total. The zero-order valence-electron chi connectivity index (χ0n) is 19.9. The lowest BCUT2D eigenvalue weighted by Crippen LogP contribution is -2.50. The Morgan fingerprint density at radius 2 is 1.74 bits per heavy atom. The van der Waals surface area contributed by atoms with Crippen molar-refractivity contribution in [3.05, 3.63) is 94.1 Å². The van der Waals surface area contributed by atoms with E-state index in [-0.39, 0.29) is 42.2 Å². The molecule has 0 radical (unpaired) electrons. The first-order chi connectivity index (χ1) is 15.9. The van der Waals surface area contributed by atoms with Gasteiger partial charge >= 0.3 is 0 Å². The van der Waals surface area contributed by atoms with E-state index in [0.29, 0.717) is 28.8 Å². The average Bonchev–Trinajstić information content (AvgIpc) is 2.86. The number of amides is 1. The zero-order valence-corrected chi connectivity index (χ0v) is 23.0. The van der Waals surface area contributed by atoms with Crippen LogP contribution in [0.4, 0.5) is 5.82 Å². The summed E-state index contributed by atoms with van der Waals surface area (Å²) in [6.45, 7) is 3.67. The fraction of sp³-hybridized carbons (Fsp3) is 0.333. The lowest BCUT2D eigenvalue weighted by Gasteiger charge is -2.44. The molecular weight excluding hydrogens is 524 g/mol. The van der Waals surface area contributed by atoms with E-state index < -0.39 is 0 Å². The number of anilines is 1. The van der Waals surface area contributed by atoms with Gasteiger partial charge in [0.15, 0.2) is 0 Å². The molecule has 1 fully saturated rings. The quantitative estimate of drug-likeness (QED) is 0.305. The van der Waals surface area contributed by atoms with Crippen LogP contribution in [0.5, 0.6) is 0 Å². The van der Waals surface area contributed by atoms with Crippen molar-refractivity contribution in [1.29, 1.82) is 0 Å². The van der Waals surface area contributed by atoms with Crippen LogP contribution < -0.4 is 4.90 Å². The molecule has 0 bridgehead atoms. The molecule has 1 aliphatic rings. The maximum absolute atomic E-state index is 12.9. The molecule has 8 heteroatoms. The SMILES string of the molecule is C[C@@H](c1ccccc1)N(C)CC[C@]1(c2ccc(Cl)c(Cl)c2)CCC(=O)N(c2ccccn2)C1.Cl.Cl. The second-order valence-electron chi connectivity index (χ2n) is 8.89. The summed E-state index contributed by atoms with van der Waals surface area (Å²) in [5.74, 6) is 0.799. The van der Waals surface area contributed by atoms with Crippen molar-refractivity contribution in [2.24, 2.45) is 0 Å². The van der Waals surface area contributed by atoms with E-state index >= 15 is 0 Å². The minimum Gasteiger partial charge on any atom is -0.300 e. The molecule has 2 heterocycles. The fourth-order valence-electron chi connectivity index (χ4n) is 4.65. The van der Waals surface area contributed by atoms with E-state index in [9.17, 15) is 4.79 Å². The van der Waals surface area contributed by atoms with Crippen LogP contribution in [0.25, 0.3) is 0 Å². The number of rotatable bonds is 7. The monoisotopic (exact) mass is 553 g/mol. The van der Waals surface area contributed by atoms with Gasteiger partial charge in [-0.3, -0.25) is 14.6 Å². The molecule has 2 aromatic carbocycles. The smallest absolute Gasteiger partial charge is 0.228 e. The third-order valence-electron chi connectivity index (χ3n) is 6.92. The first-order valence-corrected chi connectivity index (χ1v) is 12.1. The topological polar surface area (TPSA) is 36.4 Å². The van der Waals surface area contributed by atoms with Crippen LogP contribution in [0.2, 0.25) is 10.0 Å². The largest absolute Gasteiger partial charge is 0.300 e. The lowest BCUT2D eigenvalue weighted by atomic mass is 9.71. The number of hydrogen-bond acceptors (Lipinski definition) is 3. The molecule has 1 aliphatic heterocycles. The first-order valence-electron chi connectivity index (χ1n) is 11.3. The Bertz CT molecular complexity index is 1100. The van der Waals surface area contributed by atoms with E-state index in [1.165, 1.54) is 5.56 Å². The molecule has 3 aromatic rings. The van der Waals surface area contributed by atoms with Crippen molar-refractivity contribution in [2.45, 2.75) is 37.6 Å². The predicted molar refractivity (Wildman–Crippen MR) is 151 cm³/mol. The standard InChI is InChI=1S/C27H29Cl2N3O.2ClH/c1-20(21-8-4-3-5-9-21)31(2)17-15-27(22-11-12-23(28)24(29)18-22)14-13-26(33)32(19-27)25-10-6-7-16-30-25;;/h3-12,16,18,20H,13-15,17,19H2,1-2H3;2*1H/t20-,27+;;/m0../s1. The van der Waals surface area contributed by atoms with Gasteiger partial charge in [-0.1, -0.05) is 65.7 Å². The zero-order chi connectivity index (χ0) is 23.4. The number of aromatic nitrogens is 1. The summed E-state index contributed by atoms with van der Waals surface area (Å²) < 4.78 is 0. The van der Waals surface area contributed by atoms with Crippen LogP contribution in [0, 0.1) is 0 Å². The summed E-state index contributed by atoms with van der Waals surface area (Å²) in [7, 11) is 2.16. The fourth-order valence-corrected chi connectivity index (χ4v) is 4.95. The third-order valence-corrected chi connectivity index (χ3v) is 7.66. The molecule has 0 saturated carbocycles. The predicted octanol–water partition coefficient (Wildman–Crippen LogP) is 7.38. The molecule has 4 nitrogen and oxygen atoms in total. The second kappa shape index (κ2) is 12.9. The minimum atomic E-state index is -0.246. The molecular formula is C27H31Cl4N3O. The van der Waals surface area contributed by atoms with E-state index in [1.54, 1.807) is 6.20 Å². The number of carbonyl (C=O) groups is 1. The van der Waals surface area contributed by atoms with Crippen molar-refractivity contribution in [3.63, 3.8) is 0 Å². The van der Waals surface area contributed by atoms with Gasteiger partial charge in [-0.25, -0.2) is 4.98 Å². The average molecular weight is 555 g/mol. The molecule has 188 valence electrons. The van der Waals surface area contributed by atoms with Crippen molar-refractivity contribution in [3.8, 4) is 0 Å². The number of benzene rings is 2. The molecule has 2 atom stereocenters. The summed E-state index contributed by atoms with van der Waals surface area (Å²) in [4.78, 5) is 21.5. The number of pyridine rings is 1. The van der Waals surface area contributed by atoms with E-state index in [0.717, 1.165) is 24.9 Å². The lowest BCUT2D eigenvalue weighted by molar-refractivity contribution is -0.120. The molecule has 0 aliphatic carbocycles. The highest BCUT2D eigenvalue weighted by Crippen LogP contribution is 2.41. The molecule has 35 heavy (non-hydrogen) atoms. The number of carbonyl (C=O) groups excluding carboxylic acids is 1. The molecule has 0 unspecified atom stereocenters. The van der Waals surface area contributed by atoms with Crippen LogP contribution in [-0.4, -0.2) is 35.9 Å². The molecule has 0 spiro atoms. The van der Waals surface area contributed by atoms with E-state index in [1.807, 2.05) is 41.3 Å². The van der Waals surface area contributed by atoms with Gasteiger partial charge in [0.05, 0.1) is 10.0 Å². The Morgan fingerprint density at radius 3 is 2.40 bits per heavy atom. The van der Waals surface area contributed by atoms with Crippen LogP contribution in [0.15, 0.2) is 72.9 Å². The Hall–Kier alpha value is -1.82. The number of halogens is 4. The van der Waals surface area contributed by atoms with E-state index in [4.69, 9.17) is 23.2 Å². The van der Waals surface area contributed by atoms with Crippen LogP contribution in [0.3, 0.4) is 0 Å².